The maximum absolute atomic E-state index is 5.89. The van der Waals surface area contributed by atoms with Gasteiger partial charge < -0.3 is 5.32 Å². The molecule has 2 aromatic rings. The number of nitrogens with one attached hydrogen (secondary N) is 1. The van der Waals surface area contributed by atoms with Gasteiger partial charge in [-0.15, -0.1) is 10.2 Å². The van der Waals surface area contributed by atoms with Crippen LogP contribution in [-0.4, -0.2) is 15.2 Å². The fourth-order valence-electron chi connectivity index (χ4n) is 1.53. The van der Waals surface area contributed by atoms with Crippen LogP contribution in [-0.2, 0) is 0 Å². The molecular weight excluding hydrogens is 339 g/mol. The number of anilines is 2. The fourth-order valence-corrected chi connectivity index (χ4v) is 2.01. The van der Waals surface area contributed by atoms with Gasteiger partial charge in [0.2, 0.25) is 5.28 Å². The monoisotopic (exact) mass is 346 g/mol. The molecule has 0 aliphatic heterocycles. The molecule has 1 aromatic carbocycles. The lowest BCUT2D eigenvalue weighted by molar-refractivity contribution is 0.974. The van der Waals surface area contributed by atoms with Gasteiger partial charge in [0.15, 0.2) is 11.0 Å². The Morgan fingerprint density at radius 1 is 1.11 bits per heavy atom. The minimum absolute atomic E-state index is 0.0486. The molecule has 0 saturated carbocycles. The molecule has 0 spiro atoms. The van der Waals surface area contributed by atoms with Gasteiger partial charge in [0.25, 0.3) is 0 Å². The van der Waals surface area contributed by atoms with E-state index >= 15 is 0 Å². The molecule has 7 heteroatoms. The van der Waals surface area contributed by atoms with Crippen molar-refractivity contribution in [3.8, 4) is 0 Å². The highest BCUT2D eigenvalue weighted by Crippen LogP contribution is 2.28. The number of hydrogen-bond donors (Lipinski definition) is 1. The van der Waals surface area contributed by atoms with E-state index in [1.54, 1.807) is 0 Å². The highest BCUT2D eigenvalue weighted by Gasteiger charge is 2.08. The number of benzene rings is 1. The van der Waals surface area contributed by atoms with Gasteiger partial charge in [0.1, 0.15) is 0 Å². The average Bonchev–Trinajstić information content (AvgIpc) is 2.31. The Labute approximate surface area is 123 Å². The number of rotatable bonds is 2. The lowest BCUT2D eigenvalue weighted by Gasteiger charge is -2.10. The summed E-state index contributed by atoms with van der Waals surface area (Å²) in [6.07, 6.45) is 0. The van der Waals surface area contributed by atoms with Crippen molar-refractivity contribution in [3.63, 3.8) is 0 Å². The second-order valence-electron chi connectivity index (χ2n) is 3.77. The highest BCUT2D eigenvalue weighted by atomic mass is 79.9. The van der Waals surface area contributed by atoms with Gasteiger partial charge in [-0.1, -0.05) is 27.5 Å². The Hall–Kier alpha value is -0.910. The van der Waals surface area contributed by atoms with Crippen LogP contribution in [0.3, 0.4) is 0 Å². The van der Waals surface area contributed by atoms with E-state index in [-0.39, 0.29) is 10.4 Å². The third-order valence-corrected chi connectivity index (χ3v) is 3.98. The average molecular weight is 348 g/mol. The molecule has 0 unspecified atom stereocenters. The molecule has 0 radical (unpaired) electrons. The molecule has 1 heterocycles. The van der Waals surface area contributed by atoms with Crippen LogP contribution in [0.5, 0.6) is 0 Å². The van der Waals surface area contributed by atoms with Gasteiger partial charge >= 0.3 is 0 Å². The first-order chi connectivity index (χ1) is 8.47. The van der Waals surface area contributed by atoms with Gasteiger partial charge in [-0.3, -0.25) is 0 Å². The number of aromatic nitrogens is 3. The third-order valence-electron chi connectivity index (χ3n) is 2.32. The lowest BCUT2D eigenvalue weighted by atomic mass is 10.1. The Balaban J connectivity index is 2.37. The molecule has 0 fully saturated rings. The number of hydrogen-bond acceptors (Lipinski definition) is 4. The zero-order valence-electron chi connectivity index (χ0n) is 9.63. The third kappa shape index (κ3) is 2.91. The Morgan fingerprint density at radius 2 is 1.72 bits per heavy atom. The molecule has 2 rings (SSSR count). The highest BCUT2D eigenvalue weighted by molar-refractivity contribution is 9.10. The van der Waals surface area contributed by atoms with Crippen molar-refractivity contribution in [2.75, 3.05) is 5.32 Å². The molecule has 0 saturated heterocycles. The van der Waals surface area contributed by atoms with Crippen molar-refractivity contribution in [2.45, 2.75) is 13.8 Å². The molecule has 18 heavy (non-hydrogen) atoms. The second-order valence-corrected chi connectivity index (χ2v) is 5.26. The summed E-state index contributed by atoms with van der Waals surface area (Å²) in [6, 6.07) is 3.95. The molecule has 1 aromatic heterocycles. The quantitative estimate of drug-likeness (QED) is 0.879. The molecule has 0 bridgehead atoms. The SMILES string of the molecule is Cc1cc(Nc2nc(Cl)nnc2Cl)cc(C)c1Br. The normalized spacial score (nSPS) is 10.5. The van der Waals surface area contributed by atoms with Crippen LogP contribution < -0.4 is 5.32 Å². The first-order valence-electron chi connectivity index (χ1n) is 5.07. The summed E-state index contributed by atoms with van der Waals surface area (Å²) in [5.41, 5.74) is 3.09. The van der Waals surface area contributed by atoms with E-state index in [1.165, 1.54) is 0 Å². The summed E-state index contributed by atoms with van der Waals surface area (Å²) < 4.78 is 1.08. The summed E-state index contributed by atoms with van der Waals surface area (Å²) in [5.74, 6) is 0.387. The van der Waals surface area contributed by atoms with Gasteiger partial charge in [-0.05, 0) is 48.7 Å². The summed E-state index contributed by atoms with van der Waals surface area (Å²) >= 11 is 15.1. The molecule has 94 valence electrons. The molecular formula is C11H9BrCl2N4. The van der Waals surface area contributed by atoms with E-state index < -0.39 is 0 Å². The molecule has 0 amide bonds. The van der Waals surface area contributed by atoms with Crippen LogP contribution in [0.1, 0.15) is 11.1 Å². The molecule has 0 aliphatic carbocycles. The van der Waals surface area contributed by atoms with E-state index in [0.717, 1.165) is 21.3 Å². The summed E-state index contributed by atoms with van der Waals surface area (Å²) in [6.45, 7) is 4.02. The van der Waals surface area contributed by atoms with E-state index in [9.17, 15) is 0 Å². The standard InChI is InChI=1S/C11H9BrCl2N4/c1-5-3-7(4-6(2)8(5)12)15-10-9(13)17-18-11(14)16-10/h3-4H,1-2H3,(H,15,16,18). The Morgan fingerprint density at radius 3 is 2.33 bits per heavy atom. The first kappa shape index (κ1) is 13.5. The van der Waals surface area contributed by atoms with Crippen LogP contribution in [0.2, 0.25) is 10.4 Å². The number of halogens is 3. The zero-order valence-corrected chi connectivity index (χ0v) is 12.7. The molecule has 0 aliphatic rings. The van der Waals surface area contributed by atoms with Crippen LogP contribution >= 0.6 is 39.1 Å². The lowest BCUT2D eigenvalue weighted by Crippen LogP contribution is -1.99. The van der Waals surface area contributed by atoms with Crippen molar-refractivity contribution in [3.05, 3.63) is 38.2 Å². The smallest absolute Gasteiger partial charge is 0.245 e. The second kappa shape index (κ2) is 5.38. The van der Waals surface area contributed by atoms with Crippen molar-refractivity contribution < 1.29 is 0 Å². The molecule has 0 atom stereocenters. The Kier molecular flexibility index (Phi) is 4.04. The van der Waals surface area contributed by atoms with Crippen LogP contribution in [0.25, 0.3) is 0 Å². The zero-order chi connectivity index (χ0) is 13.3. The summed E-state index contributed by atoms with van der Waals surface area (Å²) in [4.78, 5) is 3.99. The minimum Gasteiger partial charge on any atom is -0.337 e. The van der Waals surface area contributed by atoms with Crippen molar-refractivity contribution in [1.29, 1.82) is 0 Å². The van der Waals surface area contributed by atoms with Crippen LogP contribution in [0.15, 0.2) is 16.6 Å². The topological polar surface area (TPSA) is 50.7 Å². The maximum Gasteiger partial charge on any atom is 0.245 e. The van der Waals surface area contributed by atoms with Crippen molar-refractivity contribution in [1.82, 2.24) is 15.2 Å². The van der Waals surface area contributed by atoms with E-state index in [1.807, 2.05) is 26.0 Å². The first-order valence-corrected chi connectivity index (χ1v) is 6.62. The molecule has 1 N–H and O–H groups in total. The predicted octanol–water partition coefficient (Wildman–Crippen LogP) is 4.30. The van der Waals surface area contributed by atoms with Gasteiger partial charge in [0, 0.05) is 10.2 Å². The van der Waals surface area contributed by atoms with E-state index in [0.29, 0.717) is 5.82 Å². The summed E-state index contributed by atoms with van der Waals surface area (Å²) in [7, 11) is 0. The largest absolute Gasteiger partial charge is 0.337 e. The van der Waals surface area contributed by atoms with Crippen molar-refractivity contribution >= 4 is 50.6 Å². The predicted molar refractivity (Wildman–Crippen MR) is 76.7 cm³/mol. The summed E-state index contributed by atoms with van der Waals surface area (Å²) in [5, 5.41) is 10.5. The minimum atomic E-state index is 0.0486. The van der Waals surface area contributed by atoms with Gasteiger partial charge in [0.05, 0.1) is 0 Å². The van der Waals surface area contributed by atoms with E-state index in [2.05, 4.69) is 36.4 Å². The Bertz CT molecular complexity index is 581. The van der Waals surface area contributed by atoms with Gasteiger partial charge in [-0.2, -0.15) is 4.98 Å². The van der Waals surface area contributed by atoms with Crippen LogP contribution in [0, 0.1) is 13.8 Å². The van der Waals surface area contributed by atoms with E-state index in [4.69, 9.17) is 23.2 Å². The number of nitrogens with zero attached hydrogens (tertiary/aromatic N) is 3. The van der Waals surface area contributed by atoms with Gasteiger partial charge in [-0.25, -0.2) is 0 Å². The maximum atomic E-state index is 5.89. The van der Waals surface area contributed by atoms with Crippen molar-refractivity contribution in [2.24, 2.45) is 0 Å². The fraction of sp³-hybridized carbons (Fsp3) is 0.182. The molecule has 4 nitrogen and oxygen atoms in total. The van der Waals surface area contributed by atoms with Crippen LogP contribution in [0.4, 0.5) is 11.5 Å². The number of aryl methyl sites for hydroxylation is 2.